The number of carbonyl (C=O) groups excluding carboxylic acids is 1. The maximum absolute atomic E-state index is 11.9. The Morgan fingerprint density at radius 3 is 3.00 bits per heavy atom. The monoisotopic (exact) mass is 267 g/mol. The summed E-state index contributed by atoms with van der Waals surface area (Å²) in [6.45, 7) is 1.09. The standard InChI is InChI=1S/C11H17N5O3/c1-15-7-13-9(14-15)5-12-11(19)16-4-2-3-8(6-16)10(17)18/h7-8H,2-6H2,1H3,(H,12,19)(H,17,18)/t8-/m1/s1. The van der Waals surface area contributed by atoms with Gasteiger partial charge in [-0.2, -0.15) is 5.10 Å². The number of aliphatic carboxylic acids is 1. The van der Waals surface area contributed by atoms with Gasteiger partial charge in [-0.1, -0.05) is 0 Å². The van der Waals surface area contributed by atoms with Crippen LogP contribution in [0.25, 0.3) is 0 Å². The average Bonchev–Trinajstić information content (AvgIpc) is 2.82. The van der Waals surface area contributed by atoms with Crippen molar-refractivity contribution < 1.29 is 14.7 Å². The summed E-state index contributed by atoms with van der Waals surface area (Å²) in [5.41, 5.74) is 0. The third-order valence-corrected chi connectivity index (χ3v) is 3.10. The van der Waals surface area contributed by atoms with E-state index in [1.165, 1.54) is 4.90 Å². The van der Waals surface area contributed by atoms with Crippen LogP contribution in [0.15, 0.2) is 6.33 Å². The van der Waals surface area contributed by atoms with Crippen LogP contribution in [0.4, 0.5) is 4.79 Å². The van der Waals surface area contributed by atoms with Crippen LogP contribution < -0.4 is 5.32 Å². The highest BCUT2D eigenvalue weighted by molar-refractivity contribution is 5.76. The number of likely N-dealkylation sites (tertiary alicyclic amines) is 1. The molecule has 2 amide bonds. The predicted octanol–water partition coefficient (Wildman–Crippen LogP) is -0.179. The molecule has 0 saturated carbocycles. The second-order valence-electron chi connectivity index (χ2n) is 4.62. The van der Waals surface area contributed by atoms with E-state index in [4.69, 9.17) is 5.11 Å². The summed E-state index contributed by atoms with van der Waals surface area (Å²) in [4.78, 5) is 28.4. The van der Waals surface area contributed by atoms with Gasteiger partial charge in [-0.15, -0.1) is 0 Å². The lowest BCUT2D eigenvalue weighted by Gasteiger charge is -2.30. The van der Waals surface area contributed by atoms with Crippen molar-refractivity contribution in [1.29, 1.82) is 0 Å². The van der Waals surface area contributed by atoms with Gasteiger partial charge >= 0.3 is 12.0 Å². The fraction of sp³-hybridized carbons (Fsp3) is 0.636. The van der Waals surface area contributed by atoms with Gasteiger partial charge in [0.2, 0.25) is 0 Å². The molecule has 1 aliphatic rings. The van der Waals surface area contributed by atoms with Gasteiger partial charge < -0.3 is 15.3 Å². The first-order valence-electron chi connectivity index (χ1n) is 6.16. The quantitative estimate of drug-likeness (QED) is 0.791. The molecule has 0 aliphatic carbocycles. The number of carbonyl (C=O) groups is 2. The van der Waals surface area contributed by atoms with Crippen molar-refractivity contribution in [2.24, 2.45) is 13.0 Å². The Bertz CT molecular complexity index is 473. The Kier molecular flexibility index (Phi) is 3.98. The molecule has 19 heavy (non-hydrogen) atoms. The van der Waals surface area contributed by atoms with E-state index in [0.717, 1.165) is 0 Å². The van der Waals surface area contributed by atoms with Crippen molar-refractivity contribution in [2.45, 2.75) is 19.4 Å². The molecule has 2 heterocycles. The van der Waals surface area contributed by atoms with Crippen LogP contribution in [-0.2, 0) is 18.4 Å². The molecule has 2 rings (SSSR count). The van der Waals surface area contributed by atoms with Gasteiger partial charge in [-0.25, -0.2) is 9.78 Å². The van der Waals surface area contributed by atoms with E-state index in [1.807, 2.05) is 0 Å². The molecule has 0 aromatic carbocycles. The Morgan fingerprint density at radius 2 is 2.37 bits per heavy atom. The summed E-state index contributed by atoms with van der Waals surface area (Å²) in [6.07, 6.45) is 2.90. The van der Waals surface area contributed by atoms with Crippen molar-refractivity contribution in [1.82, 2.24) is 25.0 Å². The molecule has 2 N–H and O–H groups in total. The molecule has 1 saturated heterocycles. The Morgan fingerprint density at radius 1 is 1.58 bits per heavy atom. The average molecular weight is 267 g/mol. The molecular weight excluding hydrogens is 250 g/mol. The predicted molar refractivity (Wildman–Crippen MR) is 65.2 cm³/mol. The second-order valence-corrected chi connectivity index (χ2v) is 4.62. The van der Waals surface area contributed by atoms with E-state index in [1.54, 1.807) is 18.1 Å². The summed E-state index contributed by atoms with van der Waals surface area (Å²) in [6, 6.07) is -0.265. The maximum Gasteiger partial charge on any atom is 0.317 e. The zero-order valence-corrected chi connectivity index (χ0v) is 10.7. The number of nitrogens with one attached hydrogen (secondary N) is 1. The molecule has 0 bridgehead atoms. The normalized spacial score (nSPS) is 19.2. The largest absolute Gasteiger partial charge is 0.481 e. The van der Waals surface area contributed by atoms with Crippen LogP contribution in [0, 0.1) is 5.92 Å². The highest BCUT2D eigenvalue weighted by Crippen LogP contribution is 2.16. The second kappa shape index (κ2) is 5.68. The van der Waals surface area contributed by atoms with E-state index in [9.17, 15) is 9.59 Å². The van der Waals surface area contributed by atoms with Crippen molar-refractivity contribution in [2.75, 3.05) is 13.1 Å². The molecule has 1 atom stereocenters. The first-order valence-corrected chi connectivity index (χ1v) is 6.16. The van der Waals surface area contributed by atoms with Gasteiger partial charge in [0.15, 0.2) is 5.82 Å². The number of amides is 2. The number of urea groups is 1. The van der Waals surface area contributed by atoms with E-state index < -0.39 is 11.9 Å². The number of carboxylic acids is 1. The van der Waals surface area contributed by atoms with Crippen LogP contribution in [0.1, 0.15) is 18.7 Å². The lowest BCUT2D eigenvalue weighted by molar-refractivity contribution is -0.143. The fourth-order valence-electron chi connectivity index (χ4n) is 2.09. The van der Waals surface area contributed by atoms with Gasteiger partial charge in [-0.05, 0) is 12.8 Å². The minimum Gasteiger partial charge on any atom is -0.481 e. The van der Waals surface area contributed by atoms with Crippen molar-refractivity contribution in [3.8, 4) is 0 Å². The highest BCUT2D eigenvalue weighted by atomic mass is 16.4. The van der Waals surface area contributed by atoms with E-state index in [-0.39, 0.29) is 19.1 Å². The molecule has 104 valence electrons. The summed E-state index contributed by atoms with van der Waals surface area (Å²) < 4.78 is 1.56. The lowest BCUT2D eigenvalue weighted by Crippen LogP contribution is -2.46. The van der Waals surface area contributed by atoms with Crippen LogP contribution in [0.3, 0.4) is 0 Å². The van der Waals surface area contributed by atoms with Crippen LogP contribution in [-0.4, -0.2) is 49.9 Å². The highest BCUT2D eigenvalue weighted by Gasteiger charge is 2.27. The zero-order chi connectivity index (χ0) is 13.8. The topological polar surface area (TPSA) is 100 Å². The number of carboxylic acid groups (broad SMARTS) is 1. The first kappa shape index (κ1) is 13.3. The lowest BCUT2D eigenvalue weighted by atomic mass is 9.99. The molecule has 0 unspecified atom stereocenters. The summed E-state index contributed by atoms with van der Waals surface area (Å²) in [7, 11) is 1.75. The van der Waals surface area contributed by atoms with Gasteiger partial charge in [0.05, 0.1) is 12.5 Å². The minimum absolute atomic E-state index is 0.244. The number of rotatable bonds is 3. The van der Waals surface area contributed by atoms with Crippen LogP contribution in [0.5, 0.6) is 0 Å². The molecule has 1 aromatic rings. The van der Waals surface area contributed by atoms with Crippen molar-refractivity contribution in [3.05, 3.63) is 12.2 Å². The fourth-order valence-corrected chi connectivity index (χ4v) is 2.09. The van der Waals surface area contributed by atoms with E-state index in [2.05, 4.69) is 15.4 Å². The summed E-state index contributed by atoms with van der Waals surface area (Å²) >= 11 is 0. The number of hydrogen-bond donors (Lipinski definition) is 2. The molecule has 1 fully saturated rings. The Hall–Kier alpha value is -2.12. The number of nitrogens with zero attached hydrogens (tertiary/aromatic N) is 4. The summed E-state index contributed by atoms with van der Waals surface area (Å²) in [5, 5.41) is 15.7. The van der Waals surface area contributed by atoms with E-state index >= 15 is 0 Å². The van der Waals surface area contributed by atoms with Crippen LogP contribution in [0.2, 0.25) is 0 Å². The third kappa shape index (κ3) is 3.43. The van der Waals surface area contributed by atoms with Gasteiger partial charge in [0.1, 0.15) is 6.33 Å². The Labute approximate surface area is 110 Å². The van der Waals surface area contributed by atoms with Crippen molar-refractivity contribution in [3.63, 3.8) is 0 Å². The molecule has 8 nitrogen and oxygen atoms in total. The van der Waals surface area contributed by atoms with E-state index in [0.29, 0.717) is 25.2 Å². The van der Waals surface area contributed by atoms with Gasteiger partial charge in [0.25, 0.3) is 0 Å². The number of piperidine rings is 1. The molecule has 8 heteroatoms. The smallest absolute Gasteiger partial charge is 0.317 e. The Balaban J connectivity index is 1.84. The van der Waals surface area contributed by atoms with Gasteiger partial charge in [-0.3, -0.25) is 9.48 Å². The molecule has 0 radical (unpaired) electrons. The molecule has 1 aromatic heterocycles. The van der Waals surface area contributed by atoms with Gasteiger partial charge in [0, 0.05) is 20.1 Å². The SMILES string of the molecule is Cn1cnc(CNC(=O)N2CCC[C@@H](C(=O)O)C2)n1. The zero-order valence-electron chi connectivity index (χ0n) is 10.7. The number of aryl methyl sites for hydroxylation is 1. The molecule has 0 spiro atoms. The van der Waals surface area contributed by atoms with Crippen molar-refractivity contribution >= 4 is 12.0 Å². The maximum atomic E-state index is 11.9. The third-order valence-electron chi connectivity index (χ3n) is 3.10. The molecular formula is C11H17N5O3. The minimum atomic E-state index is -0.844. The number of aromatic nitrogens is 3. The first-order chi connectivity index (χ1) is 9.06. The van der Waals surface area contributed by atoms with Crippen LogP contribution >= 0.6 is 0 Å². The summed E-state index contributed by atoms with van der Waals surface area (Å²) in [5.74, 6) is -0.779. The molecule has 1 aliphatic heterocycles. The number of hydrogen-bond acceptors (Lipinski definition) is 4.